The van der Waals surface area contributed by atoms with Crippen molar-refractivity contribution in [2.24, 2.45) is 5.92 Å². The second-order valence-corrected chi connectivity index (χ2v) is 9.95. The van der Waals surface area contributed by atoms with Gasteiger partial charge in [0.15, 0.2) is 5.69 Å². The van der Waals surface area contributed by atoms with Crippen LogP contribution in [-0.2, 0) is 10.0 Å². The highest BCUT2D eigenvalue weighted by Crippen LogP contribution is 2.30. The Morgan fingerprint density at radius 2 is 1.94 bits per heavy atom. The molecule has 2 aliphatic rings. The number of amides is 1. The molecular weight excluding hydrogens is 449 g/mol. The molecule has 0 bridgehead atoms. The minimum Gasteiger partial charge on any atom is -0.309 e. The molecule has 3 heterocycles. The van der Waals surface area contributed by atoms with E-state index in [0.29, 0.717) is 43.6 Å². The van der Waals surface area contributed by atoms with E-state index in [1.165, 1.54) is 8.99 Å². The molecule has 0 unspecified atom stereocenters. The summed E-state index contributed by atoms with van der Waals surface area (Å²) >= 11 is 0. The van der Waals surface area contributed by atoms with Crippen LogP contribution in [0.2, 0.25) is 0 Å². The number of piperidine rings is 1. The van der Waals surface area contributed by atoms with Gasteiger partial charge in [0.2, 0.25) is 10.0 Å². The molecular formula is C21H24FN7O3S. The maximum Gasteiger partial charge on any atom is 0.279 e. The Bertz CT molecular complexity index is 1230. The van der Waals surface area contributed by atoms with Gasteiger partial charge in [-0.3, -0.25) is 15.2 Å². The zero-order valence-corrected chi connectivity index (χ0v) is 18.8. The van der Waals surface area contributed by atoms with Crippen molar-refractivity contribution in [2.45, 2.75) is 25.7 Å². The van der Waals surface area contributed by atoms with Gasteiger partial charge in [-0.2, -0.15) is 0 Å². The van der Waals surface area contributed by atoms with Crippen LogP contribution < -0.4 is 5.32 Å². The lowest BCUT2D eigenvalue weighted by Gasteiger charge is -2.30. The van der Waals surface area contributed by atoms with E-state index in [9.17, 15) is 17.6 Å². The molecule has 2 aromatic rings. The van der Waals surface area contributed by atoms with E-state index in [-0.39, 0.29) is 35.4 Å². The van der Waals surface area contributed by atoms with Crippen molar-refractivity contribution < 1.29 is 17.6 Å². The van der Waals surface area contributed by atoms with E-state index in [4.69, 9.17) is 5.41 Å². The van der Waals surface area contributed by atoms with Gasteiger partial charge in [-0.05, 0) is 37.5 Å². The van der Waals surface area contributed by atoms with Crippen molar-refractivity contribution in [3.63, 3.8) is 0 Å². The Labute approximate surface area is 190 Å². The molecule has 0 spiro atoms. The van der Waals surface area contributed by atoms with Crippen LogP contribution in [0.3, 0.4) is 0 Å². The third-order valence-corrected chi connectivity index (χ3v) is 7.03. The van der Waals surface area contributed by atoms with Gasteiger partial charge in [-0.15, -0.1) is 5.10 Å². The van der Waals surface area contributed by atoms with E-state index in [0.717, 1.165) is 6.26 Å². The van der Waals surface area contributed by atoms with Crippen LogP contribution >= 0.6 is 0 Å². The van der Waals surface area contributed by atoms with E-state index < -0.39 is 15.9 Å². The molecule has 1 aliphatic carbocycles. The van der Waals surface area contributed by atoms with Crippen LogP contribution in [-0.4, -0.2) is 63.8 Å². The average molecular weight is 474 g/mol. The molecule has 174 valence electrons. The first-order valence-electron chi connectivity index (χ1n) is 10.5. The Morgan fingerprint density at radius 1 is 1.24 bits per heavy atom. The molecule has 1 aliphatic heterocycles. The Morgan fingerprint density at radius 3 is 2.58 bits per heavy atom. The second-order valence-electron chi connectivity index (χ2n) is 7.97. The normalized spacial score (nSPS) is 17.9. The number of carbonyl (C=O) groups excluding carboxylic acids is 1. The van der Waals surface area contributed by atoms with E-state index in [1.807, 2.05) is 6.08 Å². The van der Waals surface area contributed by atoms with E-state index >= 15 is 0 Å². The Balaban J connectivity index is 1.58. The fourth-order valence-electron chi connectivity index (χ4n) is 3.94. The third-order valence-electron chi connectivity index (χ3n) is 5.73. The van der Waals surface area contributed by atoms with Crippen LogP contribution in [0.5, 0.6) is 0 Å². The molecule has 10 nitrogen and oxygen atoms in total. The van der Waals surface area contributed by atoms with Gasteiger partial charge >= 0.3 is 0 Å². The molecule has 33 heavy (non-hydrogen) atoms. The summed E-state index contributed by atoms with van der Waals surface area (Å²) in [7, 11) is -3.28. The van der Waals surface area contributed by atoms with Gasteiger partial charge in [0.05, 0.1) is 12.0 Å². The number of sulfonamides is 1. The smallest absolute Gasteiger partial charge is 0.279 e. The van der Waals surface area contributed by atoms with Crippen molar-refractivity contribution in [1.82, 2.24) is 29.6 Å². The van der Waals surface area contributed by atoms with Crippen LogP contribution in [0.4, 0.5) is 4.39 Å². The second kappa shape index (κ2) is 9.32. The van der Waals surface area contributed by atoms with Crippen LogP contribution in [0.25, 0.3) is 17.0 Å². The van der Waals surface area contributed by atoms with Crippen molar-refractivity contribution >= 4 is 27.5 Å². The van der Waals surface area contributed by atoms with Gasteiger partial charge in [0.25, 0.3) is 5.91 Å². The number of hydrogen-bond donors (Lipinski definition) is 2. The molecule has 2 N–H and O–H groups in total. The highest BCUT2D eigenvalue weighted by molar-refractivity contribution is 7.88. The number of allylic oxidation sites excluding steroid dienone is 4. The summed E-state index contributed by atoms with van der Waals surface area (Å²) in [5.74, 6) is -1.28. The predicted molar refractivity (Wildman–Crippen MR) is 120 cm³/mol. The van der Waals surface area contributed by atoms with Gasteiger partial charge in [0, 0.05) is 43.4 Å². The lowest BCUT2D eigenvalue weighted by molar-refractivity contribution is 0.0969. The topological polar surface area (TPSA) is 134 Å². The largest absolute Gasteiger partial charge is 0.309 e. The first kappa shape index (κ1) is 22.9. The number of pyridine rings is 1. The molecule has 1 fully saturated rings. The summed E-state index contributed by atoms with van der Waals surface area (Å²) in [4.78, 5) is 17.1. The average Bonchev–Trinajstić information content (AvgIpc) is 3.24. The van der Waals surface area contributed by atoms with E-state index in [1.54, 1.807) is 30.6 Å². The Hall–Kier alpha value is -3.25. The number of nitrogens with zero attached hydrogens (tertiary/aromatic N) is 5. The van der Waals surface area contributed by atoms with Crippen LogP contribution in [0, 0.1) is 11.3 Å². The zero-order chi connectivity index (χ0) is 23.6. The van der Waals surface area contributed by atoms with E-state index in [2.05, 4.69) is 20.6 Å². The first-order valence-corrected chi connectivity index (χ1v) is 12.4. The predicted octanol–water partition coefficient (Wildman–Crippen LogP) is 2.21. The van der Waals surface area contributed by atoms with Crippen molar-refractivity contribution in [3.05, 3.63) is 48.2 Å². The lowest BCUT2D eigenvalue weighted by Crippen LogP contribution is -2.43. The maximum atomic E-state index is 14.6. The number of halogens is 1. The van der Waals surface area contributed by atoms with Gasteiger partial charge in [-0.1, -0.05) is 11.3 Å². The van der Waals surface area contributed by atoms with Crippen molar-refractivity contribution in [3.8, 4) is 11.3 Å². The molecule has 0 aromatic carbocycles. The number of hydrogen-bond acceptors (Lipinski definition) is 7. The van der Waals surface area contributed by atoms with Gasteiger partial charge in [0.1, 0.15) is 17.4 Å². The summed E-state index contributed by atoms with van der Waals surface area (Å²) in [5.41, 5.74) is 1.04. The number of rotatable bonds is 5. The number of carbonyl (C=O) groups is 1. The van der Waals surface area contributed by atoms with Crippen molar-refractivity contribution in [1.29, 1.82) is 5.41 Å². The minimum atomic E-state index is -3.28. The SMILES string of the molecule is CS(=O)(=O)N1CCC(C(=N)NC(=O)c2nnn(C3=C(F)CCC=C3)c2-c2ccncc2)CC1. The molecule has 1 saturated heterocycles. The monoisotopic (exact) mass is 473 g/mol. The highest BCUT2D eigenvalue weighted by Gasteiger charge is 2.30. The standard InChI is InChI=1S/C21H24FN7O3S/c1-33(31,32)28-12-8-15(9-13-28)20(23)25-21(30)18-19(14-6-10-24-11-7-14)29(27-26-18)17-5-3-2-4-16(17)22/h3,5-7,10-11,15H,2,4,8-9,12-13H2,1H3,(H2,23,25,30). The fraction of sp³-hybridized carbons (Fsp3) is 0.381. The summed E-state index contributed by atoms with van der Waals surface area (Å²) < 4.78 is 40.6. The molecule has 0 saturated carbocycles. The fourth-order valence-corrected chi connectivity index (χ4v) is 4.82. The number of nitrogens with one attached hydrogen (secondary N) is 2. The molecule has 1 amide bonds. The molecule has 12 heteroatoms. The summed E-state index contributed by atoms with van der Waals surface area (Å²) in [6.45, 7) is 0.583. The van der Waals surface area contributed by atoms with Gasteiger partial charge < -0.3 is 5.32 Å². The highest BCUT2D eigenvalue weighted by atomic mass is 32.2. The molecule has 0 radical (unpaired) electrons. The molecule has 0 atom stereocenters. The maximum absolute atomic E-state index is 14.6. The zero-order valence-electron chi connectivity index (χ0n) is 18.0. The first-order chi connectivity index (χ1) is 15.8. The number of aromatic nitrogens is 4. The lowest BCUT2D eigenvalue weighted by atomic mass is 9.96. The summed E-state index contributed by atoms with van der Waals surface area (Å²) in [6, 6.07) is 3.34. The van der Waals surface area contributed by atoms with Crippen LogP contribution in [0.1, 0.15) is 36.2 Å². The molecule has 4 rings (SSSR count). The summed E-state index contributed by atoms with van der Waals surface area (Å²) in [5, 5.41) is 19.0. The third kappa shape index (κ3) is 4.91. The Kier molecular flexibility index (Phi) is 6.47. The quantitative estimate of drug-likeness (QED) is 0.505. The number of amidine groups is 1. The van der Waals surface area contributed by atoms with Gasteiger partial charge in [-0.25, -0.2) is 21.8 Å². The minimum absolute atomic E-state index is 0.00802. The molecule has 2 aromatic heterocycles. The summed E-state index contributed by atoms with van der Waals surface area (Å²) in [6.07, 6.45) is 9.37. The van der Waals surface area contributed by atoms with Crippen molar-refractivity contribution in [2.75, 3.05) is 19.3 Å². The van der Waals surface area contributed by atoms with Crippen LogP contribution in [0.15, 0.2) is 42.5 Å².